The average molecular weight is 493 g/mol. The molecule has 1 spiro atoms. The maximum atomic E-state index is 11.9. The second kappa shape index (κ2) is 7.77. The minimum atomic E-state index is -1.14. The predicted octanol–water partition coefficient (Wildman–Crippen LogP) is 2.78. The maximum Gasteiger partial charge on any atom is 0.0902 e. The lowest BCUT2D eigenvalue weighted by Crippen LogP contribution is -2.69. The van der Waals surface area contributed by atoms with E-state index in [9.17, 15) is 30.6 Å². The zero-order valence-electron chi connectivity index (χ0n) is 22.3. The van der Waals surface area contributed by atoms with Crippen molar-refractivity contribution in [3.8, 4) is 0 Å². The molecule has 0 aliphatic heterocycles. The Morgan fingerprint density at radius 2 is 1.46 bits per heavy atom. The van der Waals surface area contributed by atoms with Crippen LogP contribution in [0.5, 0.6) is 0 Å². The predicted molar refractivity (Wildman–Crippen MR) is 133 cm³/mol. The van der Waals surface area contributed by atoms with E-state index in [1.54, 1.807) is 0 Å². The molecule has 10 unspecified atom stereocenters. The van der Waals surface area contributed by atoms with Crippen LogP contribution in [0.3, 0.4) is 0 Å². The lowest BCUT2D eigenvalue weighted by molar-refractivity contribution is -0.257. The van der Waals surface area contributed by atoms with Gasteiger partial charge in [-0.25, -0.2) is 0 Å². The Bertz CT molecular complexity index is 896. The first-order valence-electron chi connectivity index (χ1n) is 13.8. The Hall–Kier alpha value is -0.500. The van der Waals surface area contributed by atoms with Crippen LogP contribution in [0.1, 0.15) is 86.0 Å². The van der Waals surface area contributed by atoms with Gasteiger partial charge in [0.2, 0.25) is 0 Å². The van der Waals surface area contributed by atoms with Crippen molar-refractivity contribution < 1.29 is 30.6 Å². The molecule has 10 atom stereocenters. The van der Waals surface area contributed by atoms with Gasteiger partial charge in [-0.1, -0.05) is 40.7 Å². The van der Waals surface area contributed by atoms with Gasteiger partial charge in [0.05, 0.1) is 37.6 Å². The molecule has 0 amide bonds. The minimum absolute atomic E-state index is 0.0997. The van der Waals surface area contributed by atoms with Gasteiger partial charge < -0.3 is 30.6 Å². The van der Waals surface area contributed by atoms with Crippen molar-refractivity contribution in [1.82, 2.24) is 0 Å². The molecule has 6 N–H and O–H groups in total. The van der Waals surface area contributed by atoms with Gasteiger partial charge in [0.1, 0.15) is 0 Å². The van der Waals surface area contributed by atoms with Crippen molar-refractivity contribution in [2.75, 3.05) is 13.2 Å². The lowest BCUT2D eigenvalue weighted by Gasteiger charge is -2.71. The average Bonchev–Trinajstić information content (AvgIpc) is 3.04. The number of allylic oxidation sites excluding steroid dienone is 1. The summed E-state index contributed by atoms with van der Waals surface area (Å²) in [4.78, 5) is 0. The number of fused-ring (bicyclic) bond motifs is 5. The summed E-state index contributed by atoms with van der Waals surface area (Å²) in [6.45, 7) is 10.4. The van der Waals surface area contributed by atoms with Crippen molar-refractivity contribution in [2.24, 2.45) is 44.3 Å². The van der Waals surface area contributed by atoms with E-state index >= 15 is 0 Å². The lowest BCUT2D eigenvalue weighted by atomic mass is 9.34. The van der Waals surface area contributed by atoms with Crippen LogP contribution in [0.15, 0.2) is 11.6 Å². The Kier molecular flexibility index (Phi) is 5.80. The molecule has 0 bridgehead atoms. The second-order valence-corrected chi connectivity index (χ2v) is 14.6. The fourth-order valence-corrected chi connectivity index (χ4v) is 10.7. The van der Waals surface area contributed by atoms with Gasteiger partial charge in [-0.3, -0.25) is 0 Å². The number of aliphatic hydroxyl groups excluding tert-OH is 6. The first-order valence-corrected chi connectivity index (χ1v) is 13.8. The summed E-state index contributed by atoms with van der Waals surface area (Å²) in [6, 6.07) is 0. The molecule has 6 heteroatoms. The Balaban J connectivity index is 1.57. The van der Waals surface area contributed by atoms with E-state index in [0.29, 0.717) is 6.42 Å². The second-order valence-electron chi connectivity index (χ2n) is 14.6. The molecule has 4 fully saturated rings. The summed E-state index contributed by atoms with van der Waals surface area (Å²) >= 11 is 0. The molecule has 0 aromatic heterocycles. The first-order chi connectivity index (χ1) is 16.2. The third-order valence-electron chi connectivity index (χ3n) is 13.1. The van der Waals surface area contributed by atoms with Crippen LogP contribution in [-0.2, 0) is 0 Å². The SMILES string of the molecule is CC1(C)CCC2(CCC3(C)C(=CCC4C5(C)CC(O)C(O)C(CO)(CO)C5CCC43C)C2O)C1O. The zero-order valence-corrected chi connectivity index (χ0v) is 22.3. The third kappa shape index (κ3) is 2.93. The molecule has 0 heterocycles. The van der Waals surface area contributed by atoms with E-state index in [0.717, 1.165) is 50.5 Å². The van der Waals surface area contributed by atoms with E-state index in [1.165, 1.54) is 0 Å². The highest BCUT2D eigenvalue weighted by Crippen LogP contribution is 2.74. The zero-order chi connectivity index (χ0) is 25.8. The highest BCUT2D eigenvalue weighted by Gasteiger charge is 2.71. The summed E-state index contributed by atoms with van der Waals surface area (Å²) in [5.41, 5.74) is -1.43. The Labute approximate surface area is 210 Å². The van der Waals surface area contributed by atoms with Crippen molar-refractivity contribution in [3.05, 3.63) is 11.6 Å². The maximum absolute atomic E-state index is 11.9. The Morgan fingerprint density at radius 1 is 0.829 bits per heavy atom. The molecule has 0 radical (unpaired) electrons. The number of aliphatic hydroxyl groups is 6. The minimum Gasteiger partial charge on any atom is -0.396 e. The van der Waals surface area contributed by atoms with Gasteiger partial charge in [0, 0.05) is 10.8 Å². The van der Waals surface area contributed by atoms with Crippen LogP contribution in [0, 0.1) is 44.3 Å². The van der Waals surface area contributed by atoms with E-state index in [2.05, 4.69) is 40.7 Å². The first kappa shape index (κ1) is 26.1. The monoisotopic (exact) mass is 492 g/mol. The molecule has 5 aliphatic rings. The molecule has 200 valence electrons. The van der Waals surface area contributed by atoms with Gasteiger partial charge in [0.25, 0.3) is 0 Å². The molecule has 0 aromatic rings. The van der Waals surface area contributed by atoms with E-state index in [-0.39, 0.29) is 46.7 Å². The van der Waals surface area contributed by atoms with Crippen molar-refractivity contribution >= 4 is 0 Å². The van der Waals surface area contributed by atoms with Crippen LogP contribution in [-0.4, -0.2) is 68.3 Å². The molecule has 0 saturated heterocycles. The van der Waals surface area contributed by atoms with Crippen LogP contribution in [0.4, 0.5) is 0 Å². The van der Waals surface area contributed by atoms with Crippen LogP contribution in [0.25, 0.3) is 0 Å². The van der Waals surface area contributed by atoms with Gasteiger partial charge in [-0.15, -0.1) is 0 Å². The van der Waals surface area contributed by atoms with Crippen LogP contribution >= 0.6 is 0 Å². The van der Waals surface area contributed by atoms with Crippen molar-refractivity contribution in [2.45, 2.75) is 110 Å². The molecule has 5 aliphatic carbocycles. The molecule has 0 aromatic carbocycles. The third-order valence-corrected chi connectivity index (χ3v) is 13.1. The molecule has 6 nitrogen and oxygen atoms in total. The summed E-state index contributed by atoms with van der Waals surface area (Å²) < 4.78 is 0. The fraction of sp³-hybridized carbons (Fsp3) is 0.931. The standard InChI is InChI=1S/C29H48O6/c1-24(2)10-12-28(23(24)35)13-11-26(4)17(21(28)33)6-7-19-25(3)14-18(32)22(34)29(15-30,16-31)20(25)8-9-27(19,26)5/h6,18-23,30-35H,7-16H2,1-5H3. The number of hydrogen-bond donors (Lipinski definition) is 6. The number of hydrogen-bond acceptors (Lipinski definition) is 6. The quantitative estimate of drug-likeness (QED) is 0.330. The highest BCUT2D eigenvalue weighted by atomic mass is 16.3. The smallest absolute Gasteiger partial charge is 0.0902 e. The normalized spacial score (nSPS) is 54.5. The van der Waals surface area contributed by atoms with E-state index in [4.69, 9.17) is 0 Å². The molecule has 35 heavy (non-hydrogen) atoms. The molecule has 5 rings (SSSR count). The van der Waals surface area contributed by atoms with Crippen LogP contribution in [0.2, 0.25) is 0 Å². The largest absolute Gasteiger partial charge is 0.396 e. The van der Waals surface area contributed by atoms with Crippen LogP contribution < -0.4 is 0 Å². The number of rotatable bonds is 2. The van der Waals surface area contributed by atoms with E-state index < -0.39 is 35.2 Å². The highest BCUT2D eigenvalue weighted by molar-refractivity contribution is 5.35. The summed E-state index contributed by atoms with van der Waals surface area (Å²) in [5, 5.41) is 65.9. The Morgan fingerprint density at radius 3 is 2.03 bits per heavy atom. The molecule has 4 saturated carbocycles. The van der Waals surface area contributed by atoms with E-state index in [1.807, 2.05) is 0 Å². The molecular formula is C29H48O6. The summed E-state index contributed by atoms with van der Waals surface area (Å²) in [5.74, 6) is 0.0886. The van der Waals surface area contributed by atoms with Gasteiger partial charge in [-0.2, -0.15) is 0 Å². The fourth-order valence-electron chi connectivity index (χ4n) is 10.7. The van der Waals surface area contributed by atoms with Gasteiger partial charge in [-0.05, 0) is 90.4 Å². The van der Waals surface area contributed by atoms with Gasteiger partial charge in [0.15, 0.2) is 0 Å². The van der Waals surface area contributed by atoms with Crippen molar-refractivity contribution in [3.63, 3.8) is 0 Å². The summed E-state index contributed by atoms with van der Waals surface area (Å²) in [7, 11) is 0. The van der Waals surface area contributed by atoms with Crippen molar-refractivity contribution in [1.29, 1.82) is 0 Å². The molecular weight excluding hydrogens is 444 g/mol. The topological polar surface area (TPSA) is 121 Å². The summed E-state index contributed by atoms with van der Waals surface area (Å²) in [6.07, 6.45) is 5.22. The van der Waals surface area contributed by atoms with Gasteiger partial charge >= 0.3 is 0 Å².